The first-order valence-electron chi connectivity index (χ1n) is 6.40. The van der Waals surface area contributed by atoms with Gasteiger partial charge in [0, 0.05) is 29.9 Å². The minimum atomic E-state index is -0.245. The average Bonchev–Trinajstić information content (AvgIpc) is 2.31. The number of anilines is 1. The van der Waals surface area contributed by atoms with Crippen molar-refractivity contribution in [3.05, 3.63) is 29.0 Å². The smallest absolute Gasteiger partial charge is 0.146 e. The molecule has 0 spiro atoms. The van der Waals surface area contributed by atoms with Gasteiger partial charge in [-0.25, -0.2) is 4.39 Å². The van der Waals surface area contributed by atoms with E-state index in [0.29, 0.717) is 29.3 Å². The molecule has 96 valence electrons. The molecule has 4 heteroatoms. The summed E-state index contributed by atoms with van der Waals surface area (Å²) in [4.78, 5) is 13.7. The van der Waals surface area contributed by atoms with Crippen LogP contribution in [0.3, 0.4) is 0 Å². The fourth-order valence-corrected chi connectivity index (χ4v) is 3.42. The zero-order valence-corrected chi connectivity index (χ0v) is 10.8. The fraction of sp³-hybridized carbons (Fsp3) is 0.500. The molecule has 0 N–H and O–H groups in total. The Morgan fingerprint density at radius 1 is 1.22 bits per heavy atom. The molecule has 1 aromatic carbocycles. The molecule has 2 atom stereocenters. The van der Waals surface area contributed by atoms with Crippen LogP contribution in [0.2, 0.25) is 5.02 Å². The number of fused-ring (bicyclic) bond motifs is 2. The molecule has 0 saturated carbocycles. The highest BCUT2D eigenvalue weighted by Gasteiger charge is 2.38. The van der Waals surface area contributed by atoms with Crippen LogP contribution >= 0.6 is 11.6 Å². The number of benzene rings is 1. The van der Waals surface area contributed by atoms with Gasteiger partial charge in [0.25, 0.3) is 0 Å². The fourth-order valence-electron chi connectivity index (χ4n) is 3.25. The first kappa shape index (κ1) is 12.0. The molecule has 0 aromatic heterocycles. The van der Waals surface area contributed by atoms with E-state index in [4.69, 9.17) is 11.6 Å². The van der Waals surface area contributed by atoms with Crippen molar-refractivity contribution < 1.29 is 9.18 Å². The van der Waals surface area contributed by atoms with E-state index in [1.807, 2.05) is 0 Å². The quantitative estimate of drug-likeness (QED) is 0.775. The molecule has 2 bridgehead atoms. The predicted octanol–water partition coefficient (Wildman–Crippen LogP) is 3.57. The lowest BCUT2D eigenvalue weighted by atomic mass is 9.83. The highest BCUT2D eigenvalue weighted by atomic mass is 35.5. The second kappa shape index (κ2) is 4.54. The lowest BCUT2D eigenvalue weighted by Crippen LogP contribution is -2.52. The van der Waals surface area contributed by atoms with E-state index in [1.165, 1.54) is 6.07 Å². The first-order chi connectivity index (χ1) is 8.65. The highest BCUT2D eigenvalue weighted by molar-refractivity contribution is 6.30. The molecule has 2 unspecified atom stereocenters. The Labute approximate surface area is 111 Å². The number of hydrogen-bond donors (Lipinski definition) is 0. The third kappa shape index (κ3) is 2.01. The zero-order valence-electron chi connectivity index (χ0n) is 10.0. The molecule has 2 fully saturated rings. The van der Waals surface area contributed by atoms with Crippen molar-refractivity contribution in [3.8, 4) is 0 Å². The van der Waals surface area contributed by atoms with Gasteiger partial charge in [0.1, 0.15) is 11.6 Å². The Hall–Kier alpha value is -1.09. The number of carbonyl (C=O) groups is 1. The van der Waals surface area contributed by atoms with Gasteiger partial charge in [0.2, 0.25) is 0 Å². The van der Waals surface area contributed by atoms with Crippen molar-refractivity contribution in [2.75, 3.05) is 4.90 Å². The maximum atomic E-state index is 14.0. The van der Waals surface area contributed by atoms with Crippen molar-refractivity contribution in [3.63, 3.8) is 0 Å². The summed E-state index contributed by atoms with van der Waals surface area (Å²) in [5.41, 5.74) is 0.560. The van der Waals surface area contributed by atoms with Crippen LogP contribution in [0.5, 0.6) is 0 Å². The highest BCUT2D eigenvalue weighted by Crippen LogP contribution is 2.38. The van der Waals surface area contributed by atoms with Gasteiger partial charge in [-0.1, -0.05) is 11.6 Å². The number of Topliss-reactive ketones (excluding diaryl/α,β-unsaturated/α-hetero) is 1. The molecule has 0 radical (unpaired) electrons. The first-order valence-corrected chi connectivity index (χ1v) is 6.78. The second-order valence-corrected chi connectivity index (χ2v) is 5.62. The van der Waals surface area contributed by atoms with Gasteiger partial charge in [-0.05, 0) is 37.5 Å². The van der Waals surface area contributed by atoms with Crippen molar-refractivity contribution in [1.29, 1.82) is 0 Å². The van der Waals surface area contributed by atoms with E-state index in [9.17, 15) is 9.18 Å². The average molecular weight is 268 g/mol. The monoisotopic (exact) mass is 267 g/mol. The molecule has 3 rings (SSSR count). The van der Waals surface area contributed by atoms with E-state index in [0.717, 1.165) is 19.3 Å². The lowest BCUT2D eigenvalue weighted by molar-refractivity contribution is -0.121. The van der Waals surface area contributed by atoms with E-state index >= 15 is 0 Å². The summed E-state index contributed by atoms with van der Waals surface area (Å²) in [5, 5.41) is 0.543. The Balaban J connectivity index is 2.00. The van der Waals surface area contributed by atoms with Crippen LogP contribution < -0.4 is 4.90 Å². The normalized spacial score (nSPS) is 27.4. The molecule has 2 aliphatic rings. The summed E-state index contributed by atoms with van der Waals surface area (Å²) in [6, 6.07) is 4.95. The lowest BCUT2D eigenvalue weighted by Gasteiger charge is -2.47. The van der Waals surface area contributed by atoms with Gasteiger partial charge in [0.15, 0.2) is 0 Å². The molecule has 2 saturated heterocycles. The number of ketones is 1. The Bertz CT molecular complexity index is 475. The van der Waals surface area contributed by atoms with Gasteiger partial charge < -0.3 is 4.90 Å². The van der Waals surface area contributed by atoms with E-state index in [1.54, 1.807) is 12.1 Å². The molecular weight excluding hydrogens is 253 g/mol. The molecule has 0 aliphatic carbocycles. The SMILES string of the molecule is O=C1CC2CCCC(C1)N2c1cc(Cl)ccc1F. The maximum Gasteiger partial charge on any atom is 0.146 e. The molecule has 18 heavy (non-hydrogen) atoms. The number of rotatable bonds is 1. The van der Waals surface area contributed by atoms with E-state index in [2.05, 4.69) is 4.90 Å². The van der Waals surface area contributed by atoms with Crippen LogP contribution in [-0.2, 0) is 4.79 Å². The summed E-state index contributed by atoms with van der Waals surface area (Å²) in [6.45, 7) is 0. The topological polar surface area (TPSA) is 20.3 Å². The van der Waals surface area contributed by atoms with Crippen molar-refractivity contribution in [1.82, 2.24) is 0 Å². The number of piperidine rings is 2. The maximum absolute atomic E-state index is 14.0. The van der Waals surface area contributed by atoms with Crippen molar-refractivity contribution >= 4 is 23.1 Å². The summed E-state index contributed by atoms with van der Waals surface area (Å²) in [6.07, 6.45) is 4.15. The van der Waals surface area contributed by atoms with Gasteiger partial charge in [0.05, 0.1) is 5.69 Å². The number of nitrogens with zero attached hydrogens (tertiary/aromatic N) is 1. The predicted molar refractivity (Wildman–Crippen MR) is 69.6 cm³/mol. The number of hydrogen-bond acceptors (Lipinski definition) is 2. The molecule has 0 amide bonds. The number of halogens is 2. The summed E-state index contributed by atoms with van der Waals surface area (Å²) < 4.78 is 14.0. The molecular formula is C14H15ClFNO. The van der Waals surface area contributed by atoms with E-state index in [-0.39, 0.29) is 17.9 Å². The van der Waals surface area contributed by atoms with Gasteiger partial charge in [-0.2, -0.15) is 0 Å². The molecule has 2 nitrogen and oxygen atoms in total. The largest absolute Gasteiger partial charge is 0.362 e. The molecule has 2 heterocycles. The third-order valence-electron chi connectivity index (χ3n) is 3.97. The summed E-state index contributed by atoms with van der Waals surface area (Å²) in [5.74, 6) is 0.0639. The standard InChI is InChI=1S/C14H15ClFNO/c15-9-4-5-13(16)14(6-9)17-10-2-1-3-11(17)8-12(18)7-10/h4-6,10-11H,1-3,7-8H2. The molecule has 1 aromatic rings. The molecule has 2 aliphatic heterocycles. The van der Waals surface area contributed by atoms with E-state index < -0.39 is 0 Å². The van der Waals surface area contributed by atoms with Crippen LogP contribution in [0.1, 0.15) is 32.1 Å². The second-order valence-electron chi connectivity index (χ2n) is 5.19. The number of carbonyl (C=O) groups excluding carboxylic acids is 1. The minimum Gasteiger partial charge on any atom is -0.362 e. The van der Waals surface area contributed by atoms with Crippen LogP contribution in [0.25, 0.3) is 0 Å². The van der Waals surface area contributed by atoms with Gasteiger partial charge in [-0.3, -0.25) is 4.79 Å². The van der Waals surface area contributed by atoms with Gasteiger partial charge >= 0.3 is 0 Å². The Morgan fingerprint density at radius 3 is 2.56 bits per heavy atom. The van der Waals surface area contributed by atoms with Crippen LogP contribution in [0, 0.1) is 5.82 Å². The minimum absolute atomic E-state index is 0.151. The van der Waals surface area contributed by atoms with Crippen LogP contribution in [0.4, 0.5) is 10.1 Å². The summed E-state index contributed by atoms with van der Waals surface area (Å²) >= 11 is 5.96. The van der Waals surface area contributed by atoms with Crippen molar-refractivity contribution in [2.24, 2.45) is 0 Å². The summed E-state index contributed by atoms with van der Waals surface area (Å²) in [7, 11) is 0. The Kier molecular flexibility index (Phi) is 3.02. The zero-order chi connectivity index (χ0) is 12.7. The van der Waals surface area contributed by atoms with Crippen molar-refractivity contribution in [2.45, 2.75) is 44.2 Å². The Morgan fingerprint density at radius 2 is 1.89 bits per heavy atom. The van der Waals surface area contributed by atoms with Crippen LogP contribution in [0.15, 0.2) is 18.2 Å². The van der Waals surface area contributed by atoms with Crippen LogP contribution in [-0.4, -0.2) is 17.9 Å². The van der Waals surface area contributed by atoms with Gasteiger partial charge in [-0.15, -0.1) is 0 Å². The third-order valence-corrected chi connectivity index (χ3v) is 4.21.